The standard InChI is InChI=1S/C25H26F2N2O4/c1-15(2)25-28-23(16-3-7-18(26)8-4-16)24(17-5-9-19(27)10-6-17)29(25)12-11-20(30)13-21(31)14-22(32)33/h3-10,20-21,30-31H,1,11-14H2,2H3,(H,32,33). The number of rotatable bonds is 10. The van der Waals surface area contributed by atoms with Crippen molar-refractivity contribution in [2.75, 3.05) is 0 Å². The molecule has 3 N–H and O–H groups in total. The van der Waals surface area contributed by atoms with E-state index in [1.165, 1.54) is 24.3 Å². The number of aromatic nitrogens is 2. The van der Waals surface area contributed by atoms with Crippen LogP contribution >= 0.6 is 0 Å². The van der Waals surface area contributed by atoms with E-state index < -0.39 is 30.4 Å². The lowest BCUT2D eigenvalue weighted by Gasteiger charge is -2.17. The van der Waals surface area contributed by atoms with Crippen molar-refractivity contribution >= 4 is 11.5 Å². The van der Waals surface area contributed by atoms with Crippen LogP contribution in [0.4, 0.5) is 8.78 Å². The molecule has 174 valence electrons. The monoisotopic (exact) mass is 456 g/mol. The Bertz CT molecular complexity index is 1120. The highest BCUT2D eigenvalue weighted by molar-refractivity contribution is 5.81. The van der Waals surface area contributed by atoms with Crippen molar-refractivity contribution in [2.45, 2.75) is 44.9 Å². The molecule has 0 saturated carbocycles. The second-order valence-corrected chi connectivity index (χ2v) is 8.01. The second-order valence-electron chi connectivity index (χ2n) is 8.01. The van der Waals surface area contributed by atoms with Crippen LogP contribution in [0.3, 0.4) is 0 Å². The number of carboxylic acid groups (broad SMARTS) is 1. The third kappa shape index (κ3) is 6.12. The fourth-order valence-corrected chi connectivity index (χ4v) is 3.70. The van der Waals surface area contributed by atoms with Crippen LogP contribution in [0.1, 0.15) is 32.0 Å². The van der Waals surface area contributed by atoms with Gasteiger partial charge >= 0.3 is 5.97 Å². The van der Waals surface area contributed by atoms with E-state index in [0.29, 0.717) is 33.9 Å². The molecule has 0 spiro atoms. The molecule has 33 heavy (non-hydrogen) atoms. The molecule has 0 fully saturated rings. The van der Waals surface area contributed by atoms with Gasteiger partial charge < -0.3 is 19.9 Å². The number of carbonyl (C=O) groups is 1. The number of hydrogen-bond acceptors (Lipinski definition) is 4. The minimum atomic E-state index is -1.16. The van der Waals surface area contributed by atoms with Crippen LogP contribution < -0.4 is 0 Å². The largest absolute Gasteiger partial charge is 0.481 e. The van der Waals surface area contributed by atoms with Crippen molar-refractivity contribution in [3.8, 4) is 22.5 Å². The van der Waals surface area contributed by atoms with Gasteiger partial charge in [0, 0.05) is 17.7 Å². The van der Waals surface area contributed by atoms with Gasteiger partial charge in [0.25, 0.3) is 0 Å². The lowest BCUT2D eigenvalue weighted by Crippen LogP contribution is -2.22. The van der Waals surface area contributed by atoms with Crippen LogP contribution in [0.2, 0.25) is 0 Å². The number of aliphatic hydroxyl groups is 2. The molecular weight excluding hydrogens is 430 g/mol. The molecule has 0 radical (unpaired) electrons. The molecule has 8 heteroatoms. The maximum absolute atomic E-state index is 13.6. The molecule has 0 bridgehead atoms. The van der Waals surface area contributed by atoms with Crippen molar-refractivity contribution in [2.24, 2.45) is 0 Å². The quantitative estimate of drug-likeness (QED) is 0.417. The molecule has 0 aliphatic heterocycles. The smallest absolute Gasteiger partial charge is 0.305 e. The highest BCUT2D eigenvalue weighted by Gasteiger charge is 2.22. The zero-order valence-electron chi connectivity index (χ0n) is 18.2. The highest BCUT2D eigenvalue weighted by atomic mass is 19.1. The Morgan fingerprint density at radius 3 is 2.06 bits per heavy atom. The SMILES string of the molecule is C=C(C)c1nc(-c2ccc(F)cc2)c(-c2ccc(F)cc2)n1CCC(O)CC(O)CC(=O)O. The average Bonchev–Trinajstić information content (AvgIpc) is 3.12. The van der Waals surface area contributed by atoms with E-state index >= 15 is 0 Å². The first-order valence-electron chi connectivity index (χ1n) is 10.5. The first-order valence-corrected chi connectivity index (χ1v) is 10.5. The normalized spacial score (nSPS) is 13.0. The molecule has 0 amide bonds. The molecule has 1 aromatic heterocycles. The zero-order chi connectivity index (χ0) is 24.1. The van der Waals surface area contributed by atoms with Gasteiger partial charge in [0.05, 0.1) is 30.0 Å². The van der Waals surface area contributed by atoms with Gasteiger partial charge in [-0.2, -0.15) is 0 Å². The van der Waals surface area contributed by atoms with Crippen molar-refractivity contribution in [3.63, 3.8) is 0 Å². The van der Waals surface area contributed by atoms with Gasteiger partial charge in [-0.25, -0.2) is 13.8 Å². The molecule has 0 aliphatic rings. The van der Waals surface area contributed by atoms with Crippen molar-refractivity contribution in [1.82, 2.24) is 9.55 Å². The molecule has 2 unspecified atom stereocenters. The maximum Gasteiger partial charge on any atom is 0.305 e. The van der Waals surface area contributed by atoms with Gasteiger partial charge in [-0.3, -0.25) is 4.79 Å². The van der Waals surface area contributed by atoms with E-state index in [2.05, 4.69) is 6.58 Å². The number of benzene rings is 2. The summed E-state index contributed by atoms with van der Waals surface area (Å²) in [6.45, 7) is 6.06. The molecule has 1 heterocycles. The Hall–Kier alpha value is -3.36. The molecule has 3 rings (SSSR count). The van der Waals surface area contributed by atoms with E-state index in [-0.39, 0.29) is 25.2 Å². The zero-order valence-corrected chi connectivity index (χ0v) is 18.2. The van der Waals surface area contributed by atoms with Gasteiger partial charge in [-0.15, -0.1) is 0 Å². The summed E-state index contributed by atoms with van der Waals surface area (Å²) < 4.78 is 29.0. The Kier molecular flexibility index (Phi) is 7.73. The minimum absolute atomic E-state index is 0.0832. The van der Waals surface area contributed by atoms with Crippen LogP contribution in [-0.4, -0.2) is 43.0 Å². The fourth-order valence-electron chi connectivity index (χ4n) is 3.70. The average molecular weight is 456 g/mol. The lowest BCUT2D eigenvalue weighted by molar-refractivity contribution is -0.139. The van der Waals surface area contributed by atoms with Crippen LogP contribution in [0.25, 0.3) is 28.1 Å². The summed E-state index contributed by atoms with van der Waals surface area (Å²) >= 11 is 0. The molecule has 0 aliphatic carbocycles. The van der Waals surface area contributed by atoms with Crippen molar-refractivity contribution < 1.29 is 28.9 Å². The number of aliphatic carboxylic acids is 1. The van der Waals surface area contributed by atoms with Crippen LogP contribution in [0.5, 0.6) is 0 Å². The van der Waals surface area contributed by atoms with Crippen LogP contribution in [0.15, 0.2) is 55.1 Å². The molecule has 0 saturated heterocycles. The molecule has 3 aromatic rings. The van der Waals surface area contributed by atoms with Gasteiger partial charge in [-0.05, 0) is 73.9 Å². The summed E-state index contributed by atoms with van der Waals surface area (Å²) in [7, 11) is 0. The predicted octanol–water partition coefficient (Wildman–Crippen LogP) is 4.51. The van der Waals surface area contributed by atoms with Gasteiger partial charge in [0.2, 0.25) is 0 Å². The summed E-state index contributed by atoms with van der Waals surface area (Å²) in [5.41, 5.74) is 3.20. The van der Waals surface area contributed by atoms with Gasteiger partial charge in [0.1, 0.15) is 17.5 Å². The van der Waals surface area contributed by atoms with Crippen molar-refractivity contribution in [1.29, 1.82) is 0 Å². The van der Waals surface area contributed by atoms with Crippen LogP contribution in [-0.2, 0) is 11.3 Å². The van der Waals surface area contributed by atoms with Crippen LogP contribution in [0, 0.1) is 11.6 Å². The minimum Gasteiger partial charge on any atom is -0.481 e. The van der Waals surface area contributed by atoms with Gasteiger partial charge in [0.15, 0.2) is 0 Å². The highest BCUT2D eigenvalue weighted by Crippen LogP contribution is 2.35. The number of carboxylic acids is 1. The third-order valence-electron chi connectivity index (χ3n) is 5.22. The second kappa shape index (κ2) is 10.5. The summed E-state index contributed by atoms with van der Waals surface area (Å²) in [6.07, 6.45) is -2.43. The van der Waals surface area contributed by atoms with E-state index in [0.717, 1.165) is 0 Å². The molecule has 2 aromatic carbocycles. The number of allylic oxidation sites excluding steroid dienone is 1. The Labute approximate surface area is 190 Å². The van der Waals surface area contributed by atoms with E-state index in [9.17, 15) is 23.8 Å². The maximum atomic E-state index is 13.6. The molecule has 2 atom stereocenters. The summed E-state index contributed by atoms with van der Waals surface area (Å²) in [6, 6.07) is 11.8. The number of imidazole rings is 1. The molecule has 6 nitrogen and oxygen atoms in total. The van der Waals surface area contributed by atoms with Crippen molar-refractivity contribution in [3.05, 3.63) is 72.6 Å². The number of hydrogen-bond donors (Lipinski definition) is 3. The topological polar surface area (TPSA) is 95.6 Å². The Balaban J connectivity index is 2.02. The van der Waals surface area contributed by atoms with E-state index in [1.54, 1.807) is 31.2 Å². The van der Waals surface area contributed by atoms with E-state index in [1.807, 2.05) is 4.57 Å². The summed E-state index contributed by atoms with van der Waals surface area (Å²) in [4.78, 5) is 15.5. The van der Waals surface area contributed by atoms with E-state index in [4.69, 9.17) is 10.1 Å². The summed E-state index contributed by atoms with van der Waals surface area (Å²) in [5.74, 6) is -1.37. The first-order chi connectivity index (χ1) is 15.7. The number of nitrogens with zero attached hydrogens (tertiary/aromatic N) is 2. The third-order valence-corrected chi connectivity index (χ3v) is 5.22. The number of aliphatic hydroxyl groups excluding tert-OH is 2. The van der Waals surface area contributed by atoms with Gasteiger partial charge in [-0.1, -0.05) is 6.58 Å². The first kappa shape index (κ1) is 24.3. The summed E-state index contributed by atoms with van der Waals surface area (Å²) in [5, 5.41) is 29.0. The number of halogens is 2. The lowest BCUT2D eigenvalue weighted by atomic mass is 10.0. The Morgan fingerprint density at radius 1 is 1.00 bits per heavy atom. The fraction of sp³-hybridized carbons (Fsp3) is 0.280. The predicted molar refractivity (Wildman–Crippen MR) is 121 cm³/mol. The molecular formula is C25H26F2N2O4. The Morgan fingerprint density at radius 2 is 1.55 bits per heavy atom.